The fraction of sp³-hybridized carbons (Fsp3) is 0.308. The average Bonchev–Trinajstić information content (AvgIpc) is 2.70. The number of nitrogens with zero attached hydrogens (tertiary/aromatic N) is 2. The number of ether oxygens (including phenoxy) is 1. The SMILES string of the molecule is COc1cc(-c2ccc3cc(C(C)C)ccc3n2)cc2c(C(C)(C)C)ccnc12. The van der Waals surface area contributed by atoms with E-state index in [2.05, 4.69) is 82.1 Å². The van der Waals surface area contributed by atoms with Crippen molar-refractivity contribution in [2.24, 2.45) is 0 Å². The molecule has 0 radical (unpaired) electrons. The minimum atomic E-state index is 0.00881. The molecular formula is C26H28N2O. The van der Waals surface area contributed by atoms with Crippen LogP contribution in [-0.4, -0.2) is 17.1 Å². The molecule has 0 saturated heterocycles. The molecule has 29 heavy (non-hydrogen) atoms. The van der Waals surface area contributed by atoms with Crippen LogP contribution >= 0.6 is 0 Å². The highest BCUT2D eigenvalue weighted by atomic mass is 16.5. The van der Waals surface area contributed by atoms with Crippen LogP contribution in [0.4, 0.5) is 0 Å². The Hall–Kier alpha value is -2.94. The molecule has 0 aliphatic rings. The third kappa shape index (κ3) is 3.57. The van der Waals surface area contributed by atoms with Gasteiger partial charge in [0.2, 0.25) is 0 Å². The summed E-state index contributed by atoms with van der Waals surface area (Å²) >= 11 is 0. The highest BCUT2D eigenvalue weighted by Crippen LogP contribution is 2.37. The van der Waals surface area contributed by atoms with Crippen LogP contribution in [0.3, 0.4) is 0 Å². The second-order valence-corrected chi connectivity index (χ2v) is 8.99. The van der Waals surface area contributed by atoms with Crippen molar-refractivity contribution >= 4 is 21.8 Å². The summed E-state index contributed by atoms with van der Waals surface area (Å²) < 4.78 is 5.70. The van der Waals surface area contributed by atoms with E-state index in [0.717, 1.165) is 33.4 Å². The van der Waals surface area contributed by atoms with E-state index in [1.54, 1.807) is 7.11 Å². The number of pyridine rings is 2. The lowest BCUT2D eigenvalue weighted by atomic mass is 9.84. The summed E-state index contributed by atoms with van der Waals surface area (Å²) in [5.41, 5.74) is 6.49. The zero-order valence-corrected chi connectivity index (χ0v) is 18.1. The summed E-state index contributed by atoms with van der Waals surface area (Å²) in [6, 6.07) is 17.1. The Morgan fingerprint density at radius 2 is 1.72 bits per heavy atom. The quantitative estimate of drug-likeness (QED) is 0.386. The molecular weight excluding hydrogens is 356 g/mol. The van der Waals surface area contributed by atoms with Crippen molar-refractivity contribution in [3.63, 3.8) is 0 Å². The van der Waals surface area contributed by atoms with Gasteiger partial charge in [-0.15, -0.1) is 0 Å². The van der Waals surface area contributed by atoms with Crippen LogP contribution in [0.1, 0.15) is 51.7 Å². The van der Waals surface area contributed by atoms with Gasteiger partial charge in [-0.1, -0.05) is 46.8 Å². The lowest BCUT2D eigenvalue weighted by molar-refractivity contribution is 0.419. The van der Waals surface area contributed by atoms with Gasteiger partial charge < -0.3 is 4.74 Å². The molecule has 2 aromatic carbocycles. The Labute approximate surface area is 172 Å². The van der Waals surface area contributed by atoms with Crippen molar-refractivity contribution in [1.29, 1.82) is 0 Å². The lowest BCUT2D eigenvalue weighted by Crippen LogP contribution is -2.12. The molecule has 0 N–H and O–H groups in total. The van der Waals surface area contributed by atoms with Crippen molar-refractivity contribution in [1.82, 2.24) is 9.97 Å². The Bertz CT molecular complexity index is 1200. The summed E-state index contributed by atoms with van der Waals surface area (Å²) in [4.78, 5) is 9.54. The van der Waals surface area contributed by atoms with E-state index in [1.165, 1.54) is 16.5 Å². The summed E-state index contributed by atoms with van der Waals surface area (Å²) in [5, 5.41) is 2.29. The average molecular weight is 385 g/mol. The monoisotopic (exact) mass is 384 g/mol. The van der Waals surface area contributed by atoms with Gasteiger partial charge >= 0.3 is 0 Å². The van der Waals surface area contributed by atoms with Crippen molar-refractivity contribution < 1.29 is 4.74 Å². The molecule has 0 fully saturated rings. The van der Waals surface area contributed by atoms with Crippen molar-refractivity contribution in [3.05, 3.63) is 65.9 Å². The molecule has 148 valence electrons. The summed E-state index contributed by atoms with van der Waals surface area (Å²) in [5.74, 6) is 1.28. The molecule has 3 heteroatoms. The molecule has 0 amide bonds. The first-order chi connectivity index (χ1) is 13.8. The maximum absolute atomic E-state index is 5.70. The third-order valence-corrected chi connectivity index (χ3v) is 5.51. The van der Waals surface area contributed by atoms with Gasteiger partial charge in [-0.3, -0.25) is 4.98 Å². The van der Waals surface area contributed by atoms with Crippen LogP contribution in [-0.2, 0) is 5.41 Å². The number of rotatable bonds is 3. The Morgan fingerprint density at radius 1 is 0.931 bits per heavy atom. The lowest BCUT2D eigenvalue weighted by Gasteiger charge is -2.22. The summed E-state index contributed by atoms with van der Waals surface area (Å²) in [6.45, 7) is 11.1. The Balaban J connectivity index is 1.92. The Morgan fingerprint density at radius 3 is 2.41 bits per heavy atom. The molecule has 0 bridgehead atoms. The zero-order chi connectivity index (χ0) is 20.8. The second kappa shape index (κ2) is 7.14. The zero-order valence-electron chi connectivity index (χ0n) is 18.1. The highest BCUT2D eigenvalue weighted by molar-refractivity contribution is 5.93. The predicted octanol–water partition coefficient (Wildman–Crippen LogP) is 6.88. The normalized spacial score (nSPS) is 12.1. The minimum Gasteiger partial charge on any atom is -0.494 e. The first-order valence-corrected chi connectivity index (χ1v) is 10.2. The molecule has 2 heterocycles. The van der Waals surface area contributed by atoms with E-state index in [1.807, 2.05) is 12.3 Å². The van der Waals surface area contributed by atoms with Gasteiger partial charge in [-0.2, -0.15) is 0 Å². The van der Waals surface area contributed by atoms with Crippen LogP contribution in [0, 0.1) is 0 Å². The second-order valence-electron chi connectivity index (χ2n) is 8.99. The van der Waals surface area contributed by atoms with Gasteiger partial charge in [0.1, 0.15) is 11.3 Å². The van der Waals surface area contributed by atoms with Crippen molar-refractivity contribution in [2.75, 3.05) is 7.11 Å². The maximum Gasteiger partial charge on any atom is 0.145 e. The predicted molar refractivity (Wildman–Crippen MR) is 122 cm³/mol. The first-order valence-electron chi connectivity index (χ1n) is 10.2. The maximum atomic E-state index is 5.70. The van der Waals surface area contributed by atoms with Gasteiger partial charge in [0.25, 0.3) is 0 Å². The van der Waals surface area contributed by atoms with Crippen molar-refractivity contribution in [3.8, 4) is 17.0 Å². The number of hydrogen-bond donors (Lipinski definition) is 0. The fourth-order valence-electron chi connectivity index (χ4n) is 3.84. The molecule has 4 rings (SSSR count). The smallest absolute Gasteiger partial charge is 0.145 e. The number of methoxy groups -OCH3 is 1. The van der Waals surface area contributed by atoms with Crippen LogP contribution in [0.25, 0.3) is 33.1 Å². The molecule has 0 saturated carbocycles. The summed E-state index contributed by atoms with van der Waals surface area (Å²) in [7, 11) is 1.70. The largest absolute Gasteiger partial charge is 0.494 e. The molecule has 0 spiro atoms. The standard InChI is InChI=1S/C26H28N2O/c1-16(2)17-7-9-22-18(13-17)8-10-23(28-22)19-14-20-21(26(3,4)5)11-12-27-25(20)24(15-19)29-6/h7-16H,1-6H3. The van der Waals surface area contributed by atoms with Crippen LogP contribution in [0.15, 0.2) is 54.7 Å². The Kier molecular flexibility index (Phi) is 4.77. The van der Waals surface area contributed by atoms with Gasteiger partial charge in [-0.05, 0) is 58.9 Å². The molecule has 0 atom stereocenters. The molecule has 0 aliphatic carbocycles. The van der Waals surface area contributed by atoms with E-state index in [-0.39, 0.29) is 5.41 Å². The van der Waals surface area contributed by atoms with E-state index in [9.17, 15) is 0 Å². The number of benzene rings is 2. The van der Waals surface area contributed by atoms with E-state index < -0.39 is 0 Å². The molecule has 3 nitrogen and oxygen atoms in total. The van der Waals surface area contributed by atoms with Crippen LogP contribution in [0.2, 0.25) is 0 Å². The molecule has 0 unspecified atom stereocenters. The highest BCUT2D eigenvalue weighted by Gasteiger charge is 2.20. The van der Waals surface area contributed by atoms with Gasteiger partial charge in [-0.25, -0.2) is 4.98 Å². The van der Waals surface area contributed by atoms with Gasteiger partial charge in [0.05, 0.1) is 18.3 Å². The summed E-state index contributed by atoms with van der Waals surface area (Å²) in [6.07, 6.45) is 1.87. The fourth-order valence-corrected chi connectivity index (χ4v) is 3.84. The molecule has 4 aromatic rings. The van der Waals surface area contributed by atoms with Crippen LogP contribution in [0.5, 0.6) is 5.75 Å². The topological polar surface area (TPSA) is 35.0 Å². The number of hydrogen-bond acceptors (Lipinski definition) is 3. The van der Waals surface area contributed by atoms with E-state index in [4.69, 9.17) is 9.72 Å². The number of aromatic nitrogens is 2. The van der Waals surface area contributed by atoms with Gasteiger partial charge in [0, 0.05) is 22.5 Å². The minimum absolute atomic E-state index is 0.00881. The van der Waals surface area contributed by atoms with Crippen molar-refractivity contribution in [2.45, 2.75) is 46.0 Å². The molecule has 0 aliphatic heterocycles. The third-order valence-electron chi connectivity index (χ3n) is 5.51. The first kappa shape index (κ1) is 19.4. The van der Waals surface area contributed by atoms with Crippen LogP contribution < -0.4 is 4.74 Å². The van der Waals surface area contributed by atoms with E-state index >= 15 is 0 Å². The van der Waals surface area contributed by atoms with Gasteiger partial charge in [0.15, 0.2) is 0 Å². The number of fused-ring (bicyclic) bond motifs is 2. The van der Waals surface area contributed by atoms with E-state index in [0.29, 0.717) is 5.92 Å². The molecule has 2 aromatic heterocycles.